The molecule has 0 aliphatic rings. The number of nitrogens with zero attached hydrogens (tertiary/aromatic N) is 2. The lowest BCUT2D eigenvalue weighted by atomic mass is 10.1. The number of pyridine rings is 1. The lowest BCUT2D eigenvalue weighted by Gasteiger charge is -2.14. The second-order valence-corrected chi connectivity index (χ2v) is 6.11. The predicted molar refractivity (Wildman–Crippen MR) is 103 cm³/mol. The first-order valence-electron chi connectivity index (χ1n) is 7.38. The quantitative estimate of drug-likeness (QED) is 0.494. The summed E-state index contributed by atoms with van der Waals surface area (Å²) < 4.78 is 0. The Kier molecular flexibility index (Phi) is 4.35. The van der Waals surface area contributed by atoms with Crippen LogP contribution in [0.5, 0.6) is 0 Å². The zero-order chi connectivity index (χ0) is 16.0. The van der Waals surface area contributed by atoms with Crippen molar-refractivity contribution < 1.29 is 0 Å². The first-order chi connectivity index (χ1) is 11.1. The maximum absolute atomic E-state index is 6.34. The lowest BCUT2D eigenvalue weighted by molar-refractivity contribution is 1.25. The molecule has 4 nitrogen and oxygen atoms in total. The van der Waals surface area contributed by atoms with Crippen LogP contribution in [0.15, 0.2) is 42.7 Å². The molecule has 0 saturated carbocycles. The van der Waals surface area contributed by atoms with E-state index in [4.69, 9.17) is 11.6 Å². The van der Waals surface area contributed by atoms with Gasteiger partial charge in [0, 0.05) is 16.6 Å². The number of H-pyrrole nitrogens is 1. The molecule has 0 atom stereocenters. The van der Waals surface area contributed by atoms with Crippen LogP contribution in [0.1, 0.15) is 11.3 Å². The zero-order valence-corrected chi connectivity index (χ0v) is 14.8. The van der Waals surface area contributed by atoms with Crippen LogP contribution in [-0.4, -0.2) is 15.0 Å². The fraction of sp³-hybridized carbons (Fsp3) is 0.111. The summed E-state index contributed by atoms with van der Waals surface area (Å²) in [7, 11) is 0. The lowest BCUT2D eigenvalue weighted by Crippen LogP contribution is -1.96. The van der Waals surface area contributed by atoms with Crippen LogP contribution in [-0.2, 0) is 0 Å². The van der Waals surface area contributed by atoms with E-state index < -0.39 is 0 Å². The molecule has 4 rings (SSSR count). The number of aromatic amines is 1. The third-order valence-electron chi connectivity index (χ3n) is 3.89. The van der Waals surface area contributed by atoms with Gasteiger partial charge in [-0.1, -0.05) is 17.7 Å². The van der Waals surface area contributed by atoms with Gasteiger partial charge in [-0.25, -0.2) is 9.97 Å². The van der Waals surface area contributed by atoms with Crippen molar-refractivity contribution in [2.45, 2.75) is 13.8 Å². The monoisotopic (exact) mass is 358 g/mol. The Bertz CT molecular complexity index is 1040. The highest BCUT2D eigenvalue weighted by Crippen LogP contribution is 2.33. The molecule has 0 radical (unpaired) electrons. The van der Waals surface area contributed by atoms with E-state index in [1.54, 1.807) is 6.33 Å². The topological polar surface area (TPSA) is 53.6 Å². The highest BCUT2D eigenvalue weighted by atomic mass is 35.5. The minimum atomic E-state index is 0. The van der Waals surface area contributed by atoms with Crippen molar-refractivity contribution in [2.75, 3.05) is 5.32 Å². The maximum Gasteiger partial charge on any atom is 0.116 e. The van der Waals surface area contributed by atoms with Gasteiger partial charge in [0.05, 0.1) is 21.9 Å². The van der Waals surface area contributed by atoms with Gasteiger partial charge in [-0.05, 0) is 49.7 Å². The first kappa shape index (κ1) is 16.6. The molecule has 2 aromatic heterocycles. The van der Waals surface area contributed by atoms with Crippen molar-refractivity contribution in [1.82, 2.24) is 15.0 Å². The van der Waals surface area contributed by atoms with Crippen LogP contribution in [0.25, 0.3) is 21.9 Å². The maximum atomic E-state index is 6.34. The van der Waals surface area contributed by atoms with E-state index in [0.29, 0.717) is 5.02 Å². The van der Waals surface area contributed by atoms with E-state index in [1.807, 2.05) is 44.2 Å². The Morgan fingerprint density at radius 1 is 1.00 bits per heavy atom. The number of aryl methyl sites for hydroxylation is 2. The fourth-order valence-corrected chi connectivity index (χ4v) is 3.02. The fourth-order valence-electron chi connectivity index (χ4n) is 2.86. The minimum Gasteiger partial charge on any atom is -0.358 e. The number of hydrogen-bond donors (Lipinski definition) is 2. The summed E-state index contributed by atoms with van der Waals surface area (Å²) >= 11 is 6.34. The Morgan fingerprint density at radius 2 is 1.83 bits per heavy atom. The average molecular weight is 359 g/mol. The van der Waals surface area contributed by atoms with Crippen molar-refractivity contribution >= 4 is 57.3 Å². The molecular formula is C18H16Cl2N4. The van der Waals surface area contributed by atoms with Crippen molar-refractivity contribution in [2.24, 2.45) is 0 Å². The standard InChI is InChI=1S/C18H15ClN4.ClH/c1-10-3-4-12(19)15(7-10)23-16-8-11(2)22-13-5-6-14-18(17(13)16)21-9-20-14;/h3-9,22-23H,1-2H3;1H. The van der Waals surface area contributed by atoms with E-state index in [2.05, 4.69) is 26.3 Å². The van der Waals surface area contributed by atoms with E-state index in [-0.39, 0.29) is 12.4 Å². The summed E-state index contributed by atoms with van der Waals surface area (Å²) in [6, 6.07) is 12.0. The molecule has 2 heterocycles. The van der Waals surface area contributed by atoms with Gasteiger partial charge in [0.15, 0.2) is 0 Å². The van der Waals surface area contributed by atoms with Gasteiger partial charge >= 0.3 is 0 Å². The molecule has 0 unspecified atom stereocenters. The molecule has 0 aliphatic heterocycles. The molecular weight excluding hydrogens is 343 g/mol. The highest BCUT2D eigenvalue weighted by molar-refractivity contribution is 6.33. The first-order valence-corrected chi connectivity index (χ1v) is 7.76. The highest BCUT2D eigenvalue weighted by Gasteiger charge is 2.11. The number of imidazole rings is 1. The van der Waals surface area contributed by atoms with Crippen LogP contribution in [0.4, 0.5) is 11.4 Å². The Hall–Kier alpha value is -2.30. The predicted octanol–water partition coefficient (Wildman–Crippen LogP) is 5.55. The molecule has 0 bridgehead atoms. The van der Waals surface area contributed by atoms with Gasteiger partial charge in [-0.3, -0.25) is 0 Å². The number of anilines is 2. The smallest absolute Gasteiger partial charge is 0.116 e. The second-order valence-electron chi connectivity index (χ2n) is 5.70. The van der Waals surface area contributed by atoms with Crippen LogP contribution < -0.4 is 5.32 Å². The van der Waals surface area contributed by atoms with Gasteiger partial charge in [-0.15, -0.1) is 12.4 Å². The number of fused-ring (bicyclic) bond motifs is 3. The van der Waals surface area contributed by atoms with E-state index >= 15 is 0 Å². The number of aromatic nitrogens is 3. The number of rotatable bonds is 2. The van der Waals surface area contributed by atoms with Gasteiger partial charge in [0.2, 0.25) is 0 Å². The molecule has 2 N–H and O–H groups in total. The average Bonchev–Trinajstić information content (AvgIpc) is 2.99. The minimum absolute atomic E-state index is 0. The molecule has 0 aliphatic carbocycles. The molecule has 24 heavy (non-hydrogen) atoms. The summed E-state index contributed by atoms with van der Waals surface area (Å²) in [6.45, 7) is 4.08. The van der Waals surface area contributed by atoms with Gasteiger partial charge in [0.1, 0.15) is 11.8 Å². The molecule has 0 saturated heterocycles. The van der Waals surface area contributed by atoms with Crippen LogP contribution >= 0.6 is 24.0 Å². The summed E-state index contributed by atoms with van der Waals surface area (Å²) in [6.07, 6.45) is 1.59. The summed E-state index contributed by atoms with van der Waals surface area (Å²) in [5, 5.41) is 5.17. The van der Waals surface area contributed by atoms with Crippen LogP contribution in [0.3, 0.4) is 0 Å². The van der Waals surface area contributed by atoms with E-state index in [1.165, 1.54) is 0 Å². The molecule has 2 aromatic carbocycles. The Balaban J connectivity index is 0.00000169. The molecule has 0 fully saturated rings. The van der Waals surface area contributed by atoms with Crippen molar-refractivity contribution in [1.29, 1.82) is 0 Å². The summed E-state index contributed by atoms with van der Waals surface area (Å²) in [4.78, 5) is 12.1. The van der Waals surface area contributed by atoms with E-state index in [0.717, 1.165) is 44.6 Å². The molecule has 6 heteroatoms. The van der Waals surface area contributed by atoms with Crippen LogP contribution in [0.2, 0.25) is 5.02 Å². The Morgan fingerprint density at radius 3 is 2.67 bits per heavy atom. The molecule has 0 amide bonds. The summed E-state index contributed by atoms with van der Waals surface area (Å²) in [5.41, 5.74) is 6.84. The second kappa shape index (κ2) is 6.30. The van der Waals surface area contributed by atoms with Crippen LogP contribution in [0, 0.1) is 13.8 Å². The third kappa shape index (κ3) is 2.79. The zero-order valence-electron chi connectivity index (χ0n) is 13.2. The van der Waals surface area contributed by atoms with Gasteiger partial charge in [-0.2, -0.15) is 0 Å². The Labute approximate surface area is 150 Å². The van der Waals surface area contributed by atoms with Crippen molar-refractivity contribution in [3.8, 4) is 0 Å². The van der Waals surface area contributed by atoms with E-state index in [9.17, 15) is 0 Å². The van der Waals surface area contributed by atoms with Gasteiger partial charge in [0.25, 0.3) is 0 Å². The normalized spacial score (nSPS) is 10.8. The number of nitrogens with one attached hydrogen (secondary N) is 2. The number of halogens is 2. The molecule has 4 aromatic rings. The summed E-state index contributed by atoms with van der Waals surface area (Å²) in [5.74, 6) is 0. The van der Waals surface area contributed by atoms with Gasteiger partial charge < -0.3 is 10.3 Å². The largest absolute Gasteiger partial charge is 0.358 e. The van der Waals surface area contributed by atoms with Crippen molar-refractivity contribution in [3.63, 3.8) is 0 Å². The molecule has 0 spiro atoms. The number of hydrogen-bond acceptors (Lipinski definition) is 3. The third-order valence-corrected chi connectivity index (χ3v) is 4.22. The number of benzene rings is 2. The molecule has 122 valence electrons. The SMILES string of the molecule is Cc1ccc(Cl)c(Nc2cc(C)[nH]c3ccc4ncnc4c23)c1.Cl. The van der Waals surface area contributed by atoms with Crippen molar-refractivity contribution in [3.05, 3.63) is 59.0 Å².